The van der Waals surface area contributed by atoms with Crippen LogP contribution in [0.4, 0.5) is 5.69 Å². The molecule has 4 rings (SSSR count). The van der Waals surface area contributed by atoms with Crippen LogP contribution in [0.1, 0.15) is 68.6 Å². The van der Waals surface area contributed by atoms with Crippen molar-refractivity contribution in [1.82, 2.24) is 14.6 Å². The molecule has 6 N–H and O–H groups in total. The fourth-order valence-corrected chi connectivity index (χ4v) is 5.47. The van der Waals surface area contributed by atoms with Gasteiger partial charge >= 0.3 is 0 Å². The third kappa shape index (κ3) is 6.08. The molecular formula is C27H31N5O4S. The molecular weight excluding hydrogens is 490 g/mol. The number of anilines is 1. The highest BCUT2D eigenvalue weighted by Crippen LogP contribution is 2.30. The maximum atomic E-state index is 13.9. The van der Waals surface area contributed by atoms with E-state index in [0.717, 1.165) is 48.3 Å². The average molecular weight is 522 g/mol. The lowest BCUT2D eigenvalue weighted by atomic mass is 10.0. The predicted molar refractivity (Wildman–Crippen MR) is 142 cm³/mol. The van der Waals surface area contributed by atoms with Gasteiger partial charge in [0.1, 0.15) is 16.7 Å². The summed E-state index contributed by atoms with van der Waals surface area (Å²) in [7, 11) is 0. The normalized spacial score (nSPS) is 14.3. The minimum Gasteiger partial charge on any atom is -0.508 e. The zero-order valence-corrected chi connectivity index (χ0v) is 21.5. The highest BCUT2D eigenvalue weighted by molar-refractivity contribution is 7.09. The van der Waals surface area contributed by atoms with Gasteiger partial charge in [-0.2, -0.15) is 4.37 Å². The van der Waals surface area contributed by atoms with Crippen LogP contribution < -0.4 is 16.8 Å². The summed E-state index contributed by atoms with van der Waals surface area (Å²) in [6.45, 7) is 2.19. The summed E-state index contributed by atoms with van der Waals surface area (Å²) < 4.78 is 3.98. The van der Waals surface area contributed by atoms with Crippen molar-refractivity contribution in [3.8, 4) is 5.75 Å². The maximum absolute atomic E-state index is 13.9. The number of aryl methyl sites for hydroxylation is 1. The van der Waals surface area contributed by atoms with Gasteiger partial charge in [-0.1, -0.05) is 54.8 Å². The van der Waals surface area contributed by atoms with E-state index in [1.165, 1.54) is 17.0 Å². The number of nitrogens with zero attached hydrogens (tertiary/aromatic N) is 2. The average Bonchev–Trinajstić information content (AvgIpc) is 3.51. The fourth-order valence-electron chi connectivity index (χ4n) is 4.70. The molecule has 0 aliphatic heterocycles. The first-order valence-electron chi connectivity index (χ1n) is 12.3. The van der Waals surface area contributed by atoms with Crippen LogP contribution >= 0.6 is 11.5 Å². The number of primary amides is 1. The van der Waals surface area contributed by atoms with E-state index in [9.17, 15) is 19.5 Å². The van der Waals surface area contributed by atoms with Crippen molar-refractivity contribution in [3.63, 3.8) is 0 Å². The van der Waals surface area contributed by atoms with Crippen molar-refractivity contribution < 1.29 is 19.5 Å². The summed E-state index contributed by atoms with van der Waals surface area (Å²) in [5.74, 6) is -1.61. The number of benzene rings is 2. The molecule has 3 amide bonds. The number of aromatic nitrogens is 1. The third-order valence-corrected chi connectivity index (χ3v) is 7.46. The van der Waals surface area contributed by atoms with E-state index < -0.39 is 17.9 Å². The van der Waals surface area contributed by atoms with Crippen LogP contribution in [-0.4, -0.2) is 44.7 Å². The van der Waals surface area contributed by atoms with Gasteiger partial charge in [-0.25, -0.2) is 0 Å². The Labute approximate surface area is 219 Å². The van der Waals surface area contributed by atoms with Gasteiger partial charge in [0, 0.05) is 12.6 Å². The van der Waals surface area contributed by atoms with E-state index >= 15 is 0 Å². The van der Waals surface area contributed by atoms with Crippen molar-refractivity contribution in [2.45, 2.75) is 51.1 Å². The second-order valence-electron chi connectivity index (χ2n) is 9.36. The number of rotatable bonds is 9. The molecule has 0 bridgehead atoms. The van der Waals surface area contributed by atoms with Gasteiger partial charge in [0.25, 0.3) is 11.8 Å². The van der Waals surface area contributed by atoms with Crippen LogP contribution in [0.15, 0.2) is 48.5 Å². The Morgan fingerprint density at radius 1 is 1.16 bits per heavy atom. The molecule has 0 unspecified atom stereocenters. The summed E-state index contributed by atoms with van der Waals surface area (Å²) >= 11 is 0.786. The molecule has 10 heteroatoms. The molecule has 0 saturated heterocycles. The summed E-state index contributed by atoms with van der Waals surface area (Å²) in [5.41, 5.74) is 13.9. The Hall–Kier alpha value is -3.92. The number of aromatic hydroxyl groups is 1. The number of hydrogen-bond acceptors (Lipinski definition) is 7. The Bertz CT molecular complexity index is 1280. The van der Waals surface area contributed by atoms with Crippen molar-refractivity contribution in [2.75, 3.05) is 12.3 Å². The quantitative estimate of drug-likeness (QED) is 0.339. The molecule has 1 heterocycles. The number of carbonyl (C=O) groups is 3. The molecule has 194 valence electrons. The molecule has 9 nitrogen and oxygen atoms in total. The first kappa shape index (κ1) is 26.2. The second kappa shape index (κ2) is 11.4. The molecule has 2 aromatic carbocycles. The predicted octanol–water partition coefficient (Wildman–Crippen LogP) is 3.32. The van der Waals surface area contributed by atoms with E-state index in [2.05, 4.69) is 9.69 Å². The highest BCUT2D eigenvalue weighted by Gasteiger charge is 2.35. The van der Waals surface area contributed by atoms with Crippen molar-refractivity contribution in [1.29, 1.82) is 0 Å². The van der Waals surface area contributed by atoms with Gasteiger partial charge in [-0.05, 0) is 61.0 Å². The summed E-state index contributed by atoms with van der Waals surface area (Å²) in [6, 6.07) is 13.2. The summed E-state index contributed by atoms with van der Waals surface area (Å²) in [5, 5.41) is 13.0. The van der Waals surface area contributed by atoms with E-state index in [1.54, 1.807) is 12.1 Å². The number of phenols is 1. The molecule has 1 aromatic heterocycles. The number of nitrogens with two attached hydrogens (primary N) is 2. The van der Waals surface area contributed by atoms with Crippen molar-refractivity contribution in [2.24, 2.45) is 5.73 Å². The van der Waals surface area contributed by atoms with Gasteiger partial charge in [-0.3, -0.25) is 14.4 Å². The van der Waals surface area contributed by atoms with Gasteiger partial charge in [-0.15, -0.1) is 0 Å². The number of nitrogen functional groups attached to an aromatic ring is 1. The van der Waals surface area contributed by atoms with Gasteiger partial charge < -0.3 is 26.8 Å². The molecule has 3 aromatic rings. The molecule has 1 aliphatic carbocycles. The van der Waals surface area contributed by atoms with E-state index in [4.69, 9.17) is 11.5 Å². The lowest BCUT2D eigenvalue weighted by Crippen LogP contribution is -2.46. The number of phenolic OH excluding ortho intramolecular Hbond substituents is 1. The molecule has 0 radical (unpaired) electrons. The zero-order valence-electron chi connectivity index (χ0n) is 20.6. The number of hydrogen-bond donors (Lipinski definition) is 4. The lowest BCUT2D eigenvalue weighted by Gasteiger charge is -2.32. The van der Waals surface area contributed by atoms with Gasteiger partial charge in [0.2, 0.25) is 5.91 Å². The van der Waals surface area contributed by atoms with Crippen LogP contribution in [0.2, 0.25) is 0 Å². The number of nitrogens with one attached hydrogen (secondary N) is 1. The van der Waals surface area contributed by atoms with Gasteiger partial charge in [0.15, 0.2) is 5.69 Å². The Kier molecular flexibility index (Phi) is 8.08. The molecule has 37 heavy (non-hydrogen) atoms. The van der Waals surface area contributed by atoms with E-state index in [1.807, 2.05) is 31.2 Å². The first-order chi connectivity index (χ1) is 17.7. The maximum Gasteiger partial charge on any atom is 0.270 e. The van der Waals surface area contributed by atoms with E-state index in [-0.39, 0.29) is 40.5 Å². The third-order valence-electron chi connectivity index (χ3n) is 6.61. The standard InChI is InChI=1S/C27H31N5O4S/c1-16-5-4-6-17(15-16)13-14-32(27(36)24-21(28)22(25(29)34)31-37-24)23(18-9-11-20(33)12-10-18)26(35)30-19-7-2-3-8-19/h4-6,9-12,15,19,23,33H,2-3,7-8,13-14,28H2,1H3,(H2,29,34)(H,30,35)/t23-/m1/s1. The first-order valence-corrected chi connectivity index (χ1v) is 13.0. The summed E-state index contributed by atoms with van der Waals surface area (Å²) in [4.78, 5) is 40.9. The lowest BCUT2D eigenvalue weighted by molar-refractivity contribution is -0.126. The molecule has 1 atom stereocenters. The van der Waals surface area contributed by atoms with Gasteiger partial charge in [0.05, 0.1) is 5.69 Å². The molecule has 1 aliphatic rings. The molecule has 0 spiro atoms. The van der Waals surface area contributed by atoms with Crippen LogP contribution in [0.3, 0.4) is 0 Å². The Morgan fingerprint density at radius 2 is 1.86 bits per heavy atom. The fraction of sp³-hybridized carbons (Fsp3) is 0.333. The minimum absolute atomic E-state index is 0.0378. The molecule has 1 fully saturated rings. The van der Waals surface area contributed by atoms with Crippen LogP contribution in [-0.2, 0) is 11.2 Å². The topological polar surface area (TPSA) is 152 Å². The Morgan fingerprint density at radius 3 is 2.49 bits per heavy atom. The van der Waals surface area contributed by atoms with Crippen LogP contribution in [0.25, 0.3) is 0 Å². The van der Waals surface area contributed by atoms with Crippen LogP contribution in [0.5, 0.6) is 5.75 Å². The Balaban J connectivity index is 1.74. The second-order valence-corrected chi connectivity index (χ2v) is 10.1. The zero-order chi connectivity index (χ0) is 26.5. The minimum atomic E-state index is -0.989. The smallest absolute Gasteiger partial charge is 0.270 e. The number of amides is 3. The van der Waals surface area contributed by atoms with Crippen molar-refractivity contribution in [3.05, 3.63) is 75.8 Å². The van der Waals surface area contributed by atoms with Crippen LogP contribution in [0, 0.1) is 6.92 Å². The highest BCUT2D eigenvalue weighted by atomic mass is 32.1. The largest absolute Gasteiger partial charge is 0.508 e. The SMILES string of the molecule is Cc1cccc(CCN(C(=O)c2snc(C(N)=O)c2N)[C@@H](C(=O)NC2CCCC2)c2ccc(O)cc2)c1. The van der Waals surface area contributed by atoms with E-state index in [0.29, 0.717) is 12.0 Å². The molecule has 1 saturated carbocycles. The number of carbonyl (C=O) groups excluding carboxylic acids is 3. The monoisotopic (exact) mass is 521 g/mol. The summed E-state index contributed by atoms with van der Waals surface area (Å²) in [6.07, 6.45) is 4.33. The van der Waals surface area contributed by atoms with Crippen molar-refractivity contribution >= 4 is 34.9 Å².